The number of benzene rings is 1. The van der Waals surface area contributed by atoms with E-state index >= 15 is 0 Å². The number of carbonyl (C=O) groups excluding carboxylic acids is 1. The number of thioether (sulfide) groups is 1. The molecule has 19 heavy (non-hydrogen) atoms. The molecule has 0 saturated heterocycles. The Morgan fingerprint density at radius 1 is 1.32 bits per heavy atom. The lowest BCUT2D eigenvalue weighted by Gasteiger charge is -2.06. The van der Waals surface area contributed by atoms with Crippen LogP contribution < -0.4 is 11.1 Å². The highest BCUT2D eigenvalue weighted by Gasteiger charge is 2.05. The molecule has 2 aromatic rings. The summed E-state index contributed by atoms with van der Waals surface area (Å²) in [6, 6.07) is 8.73. The summed E-state index contributed by atoms with van der Waals surface area (Å²) in [6.45, 7) is 0. The third kappa shape index (κ3) is 4.15. The Bertz CT molecular complexity index is 577. The molecule has 0 atom stereocenters. The van der Waals surface area contributed by atoms with Crippen LogP contribution in [0.15, 0.2) is 47.6 Å². The molecule has 0 aliphatic rings. The molecule has 1 aromatic carbocycles. The molecule has 2 rings (SSSR count). The fraction of sp³-hybridized carbons (Fsp3) is 0.0769. The van der Waals surface area contributed by atoms with Gasteiger partial charge in [-0.1, -0.05) is 11.6 Å². The van der Waals surface area contributed by atoms with Gasteiger partial charge < -0.3 is 11.1 Å². The molecule has 6 heteroatoms. The van der Waals surface area contributed by atoms with Gasteiger partial charge in [0, 0.05) is 23.0 Å². The molecular weight excluding hydrogens is 282 g/mol. The minimum atomic E-state index is -0.0939. The van der Waals surface area contributed by atoms with Gasteiger partial charge >= 0.3 is 0 Å². The molecule has 0 bridgehead atoms. The van der Waals surface area contributed by atoms with Gasteiger partial charge in [-0.25, -0.2) is 0 Å². The number of hydrogen-bond acceptors (Lipinski definition) is 4. The molecule has 1 amide bonds. The summed E-state index contributed by atoms with van der Waals surface area (Å²) in [5.74, 6) is 0.232. The van der Waals surface area contributed by atoms with Gasteiger partial charge in [0.05, 0.1) is 16.5 Å². The van der Waals surface area contributed by atoms with Crippen molar-refractivity contribution in [1.29, 1.82) is 0 Å². The van der Waals surface area contributed by atoms with E-state index in [1.54, 1.807) is 30.6 Å². The van der Waals surface area contributed by atoms with Crippen LogP contribution >= 0.6 is 23.4 Å². The molecule has 0 spiro atoms. The fourth-order valence-corrected chi connectivity index (χ4v) is 2.20. The number of aromatic nitrogens is 1. The summed E-state index contributed by atoms with van der Waals surface area (Å²) in [7, 11) is 0. The highest BCUT2D eigenvalue weighted by molar-refractivity contribution is 8.00. The molecule has 1 heterocycles. The molecule has 0 radical (unpaired) electrons. The normalized spacial score (nSPS) is 10.2. The first kappa shape index (κ1) is 13.7. The third-order valence-corrected chi connectivity index (χ3v) is 3.66. The van der Waals surface area contributed by atoms with Crippen molar-refractivity contribution in [1.82, 2.24) is 4.98 Å². The second-order valence-electron chi connectivity index (χ2n) is 3.76. The monoisotopic (exact) mass is 293 g/mol. The van der Waals surface area contributed by atoms with Crippen LogP contribution in [0.1, 0.15) is 0 Å². The first-order chi connectivity index (χ1) is 9.15. The van der Waals surface area contributed by atoms with Gasteiger partial charge in [-0.3, -0.25) is 9.78 Å². The number of nitrogen functional groups attached to an aromatic ring is 1. The second kappa shape index (κ2) is 6.45. The lowest BCUT2D eigenvalue weighted by atomic mass is 10.3. The van der Waals surface area contributed by atoms with E-state index in [-0.39, 0.29) is 5.91 Å². The van der Waals surface area contributed by atoms with Crippen LogP contribution in [0.3, 0.4) is 0 Å². The number of nitrogens with zero attached hydrogens (tertiary/aromatic N) is 1. The van der Waals surface area contributed by atoms with Crippen LogP contribution in [-0.4, -0.2) is 16.6 Å². The van der Waals surface area contributed by atoms with Gasteiger partial charge in [0.25, 0.3) is 0 Å². The Hall–Kier alpha value is -1.72. The van der Waals surface area contributed by atoms with Crippen molar-refractivity contribution >= 4 is 40.6 Å². The Morgan fingerprint density at radius 3 is 2.74 bits per heavy atom. The van der Waals surface area contributed by atoms with Crippen molar-refractivity contribution in [2.75, 3.05) is 16.8 Å². The molecule has 0 aliphatic carbocycles. The van der Waals surface area contributed by atoms with Crippen LogP contribution in [0.5, 0.6) is 0 Å². The van der Waals surface area contributed by atoms with Gasteiger partial charge in [0.1, 0.15) is 0 Å². The van der Waals surface area contributed by atoms with Crippen molar-refractivity contribution in [2.24, 2.45) is 0 Å². The fourth-order valence-electron chi connectivity index (χ4n) is 1.40. The Labute approximate surface area is 120 Å². The van der Waals surface area contributed by atoms with Crippen molar-refractivity contribution in [3.63, 3.8) is 0 Å². The molecule has 0 saturated carbocycles. The number of hydrogen-bond donors (Lipinski definition) is 2. The number of amides is 1. The lowest BCUT2D eigenvalue weighted by molar-refractivity contribution is -0.113. The maximum absolute atomic E-state index is 11.8. The Morgan fingerprint density at radius 2 is 2.05 bits per heavy atom. The highest BCUT2D eigenvalue weighted by Crippen LogP contribution is 2.23. The minimum Gasteiger partial charge on any atom is -0.397 e. The summed E-state index contributed by atoms with van der Waals surface area (Å²) in [6.07, 6.45) is 3.39. The Balaban J connectivity index is 1.89. The zero-order valence-corrected chi connectivity index (χ0v) is 11.5. The number of nitrogens with two attached hydrogens (primary N) is 1. The number of rotatable bonds is 4. The van der Waals surface area contributed by atoms with Gasteiger partial charge in [-0.2, -0.15) is 0 Å². The van der Waals surface area contributed by atoms with E-state index in [1.165, 1.54) is 11.8 Å². The largest absolute Gasteiger partial charge is 0.397 e. The maximum atomic E-state index is 11.8. The summed E-state index contributed by atoms with van der Waals surface area (Å²) in [4.78, 5) is 16.7. The first-order valence-corrected chi connectivity index (χ1v) is 6.89. The van der Waals surface area contributed by atoms with E-state index in [0.29, 0.717) is 22.2 Å². The molecule has 98 valence electrons. The summed E-state index contributed by atoms with van der Waals surface area (Å²) < 4.78 is 0. The van der Waals surface area contributed by atoms with E-state index < -0.39 is 0 Å². The molecule has 1 aromatic heterocycles. The predicted octanol–water partition coefficient (Wildman–Crippen LogP) is 3.05. The molecular formula is C13H12ClN3OS. The van der Waals surface area contributed by atoms with E-state index in [4.69, 9.17) is 17.3 Å². The van der Waals surface area contributed by atoms with Gasteiger partial charge in [0.2, 0.25) is 5.91 Å². The minimum absolute atomic E-state index is 0.0939. The van der Waals surface area contributed by atoms with Crippen LogP contribution in [-0.2, 0) is 4.79 Å². The summed E-state index contributed by atoms with van der Waals surface area (Å²) in [5.41, 5.74) is 6.75. The van der Waals surface area contributed by atoms with E-state index in [2.05, 4.69) is 10.3 Å². The second-order valence-corrected chi connectivity index (χ2v) is 5.21. The topological polar surface area (TPSA) is 68.0 Å². The maximum Gasteiger partial charge on any atom is 0.234 e. The smallest absolute Gasteiger partial charge is 0.234 e. The van der Waals surface area contributed by atoms with E-state index in [0.717, 1.165) is 4.90 Å². The standard InChI is InChI=1S/C13H12ClN3OS/c14-11-2-1-9(7-12(11)15)17-13(18)8-19-10-3-5-16-6-4-10/h1-7H,8,15H2,(H,17,18). The number of nitrogens with one attached hydrogen (secondary N) is 1. The zero-order valence-electron chi connectivity index (χ0n) is 9.97. The van der Waals surface area contributed by atoms with E-state index in [9.17, 15) is 4.79 Å². The first-order valence-electron chi connectivity index (χ1n) is 5.53. The zero-order chi connectivity index (χ0) is 13.7. The molecule has 4 nitrogen and oxygen atoms in total. The van der Waals surface area contributed by atoms with Crippen molar-refractivity contribution in [3.05, 3.63) is 47.7 Å². The van der Waals surface area contributed by atoms with Crippen molar-refractivity contribution in [2.45, 2.75) is 4.90 Å². The molecule has 0 fully saturated rings. The van der Waals surface area contributed by atoms with Crippen molar-refractivity contribution in [3.8, 4) is 0 Å². The summed E-state index contributed by atoms with van der Waals surface area (Å²) in [5, 5.41) is 3.24. The lowest BCUT2D eigenvalue weighted by Crippen LogP contribution is -2.14. The predicted molar refractivity (Wildman–Crippen MR) is 79.5 cm³/mol. The molecule has 0 unspecified atom stereocenters. The number of carbonyl (C=O) groups is 1. The van der Waals surface area contributed by atoms with Crippen LogP contribution in [0.2, 0.25) is 5.02 Å². The number of anilines is 2. The van der Waals surface area contributed by atoms with Crippen LogP contribution in [0, 0.1) is 0 Å². The van der Waals surface area contributed by atoms with E-state index in [1.807, 2.05) is 12.1 Å². The third-order valence-electron chi connectivity index (χ3n) is 2.30. The average Bonchev–Trinajstić information content (AvgIpc) is 2.42. The quantitative estimate of drug-likeness (QED) is 0.671. The SMILES string of the molecule is Nc1cc(NC(=O)CSc2ccncc2)ccc1Cl. The summed E-state index contributed by atoms with van der Waals surface area (Å²) >= 11 is 7.26. The molecule has 0 aliphatic heterocycles. The number of halogens is 1. The highest BCUT2D eigenvalue weighted by atomic mass is 35.5. The van der Waals surface area contributed by atoms with Gasteiger partial charge in [0.15, 0.2) is 0 Å². The van der Waals surface area contributed by atoms with Gasteiger partial charge in [-0.15, -0.1) is 11.8 Å². The van der Waals surface area contributed by atoms with Crippen LogP contribution in [0.25, 0.3) is 0 Å². The number of pyridine rings is 1. The average molecular weight is 294 g/mol. The molecule has 3 N–H and O–H groups in total. The van der Waals surface area contributed by atoms with Crippen molar-refractivity contribution < 1.29 is 4.79 Å². The Kier molecular flexibility index (Phi) is 4.65. The van der Waals surface area contributed by atoms with Gasteiger partial charge in [-0.05, 0) is 30.3 Å². The van der Waals surface area contributed by atoms with Crippen LogP contribution in [0.4, 0.5) is 11.4 Å².